The number of rotatable bonds is 6. The Kier molecular flexibility index (Phi) is 4.60. The molecule has 5 heteroatoms. The van der Waals surface area contributed by atoms with Crippen LogP contribution < -0.4 is 10.9 Å². The molecule has 0 aromatic carbocycles. The largest absolute Gasteiger partial charge is 0.383 e. The number of hydrogen-bond donors (Lipinski definition) is 1. The van der Waals surface area contributed by atoms with Crippen molar-refractivity contribution >= 4 is 0 Å². The zero-order valence-electron chi connectivity index (χ0n) is 12.9. The zero-order valence-corrected chi connectivity index (χ0v) is 12.9. The van der Waals surface area contributed by atoms with Crippen LogP contribution in [0.1, 0.15) is 44.9 Å². The van der Waals surface area contributed by atoms with Crippen LogP contribution in [0, 0.1) is 0 Å². The summed E-state index contributed by atoms with van der Waals surface area (Å²) in [6, 6.07) is 2.54. The Morgan fingerprint density at radius 2 is 2.15 bits per heavy atom. The number of hydrogen-bond acceptors (Lipinski definition) is 4. The molecule has 0 bridgehead atoms. The van der Waals surface area contributed by atoms with Crippen LogP contribution in [-0.2, 0) is 23.2 Å². The van der Waals surface area contributed by atoms with Gasteiger partial charge in [0.2, 0.25) is 0 Å². The van der Waals surface area contributed by atoms with Crippen molar-refractivity contribution in [2.45, 2.75) is 58.2 Å². The molecule has 5 nitrogen and oxygen atoms in total. The lowest BCUT2D eigenvalue weighted by Crippen LogP contribution is -2.33. The van der Waals surface area contributed by atoms with Crippen LogP contribution in [0.25, 0.3) is 0 Å². The van der Waals surface area contributed by atoms with E-state index in [1.165, 1.54) is 17.5 Å². The first-order valence-electron chi connectivity index (χ1n) is 7.25. The van der Waals surface area contributed by atoms with Gasteiger partial charge in [-0.1, -0.05) is 20.8 Å². The molecular formula is C15H25N3O2. The summed E-state index contributed by atoms with van der Waals surface area (Å²) in [6.45, 7) is 7.95. The van der Waals surface area contributed by atoms with Gasteiger partial charge in [-0.2, -0.15) is 5.10 Å². The van der Waals surface area contributed by atoms with Gasteiger partial charge < -0.3 is 10.1 Å². The number of aromatic nitrogens is 2. The summed E-state index contributed by atoms with van der Waals surface area (Å²) in [5.41, 5.74) is 1.66. The van der Waals surface area contributed by atoms with Crippen LogP contribution in [0.3, 0.4) is 0 Å². The third kappa shape index (κ3) is 3.90. The molecule has 112 valence electrons. The highest BCUT2D eigenvalue weighted by molar-refractivity contribution is 5.19. The molecule has 1 heterocycles. The van der Waals surface area contributed by atoms with Crippen molar-refractivity contribution in [1.29, 1.82) is 0 Å². The zero-order chi connectivity index (χ0) is 14.8. The molecule has 2 rings (SSSR count). The van der Waals surface area contributed by atoms with Gasteiger partial charge in [0.1, 0.15) is 0 Å². The predicted octanol–water partition coefficient (Wildman–Crippen LogP) is 1.44. The first-order chi connectivity index (χ1) is 9.41. The minimum absolute atomic E-state index is 0.0109. The van der Waals surface area contributed by atoms with E-state index in [2.05, 4.69) is 31.2 Å². The Labute approximate surface area is 120 Å². The third-order valence-electron chi connectivity index (χ3n) is 3.48. The Hall–Kier alpha value is -1.20. The van der Waals surface area contributed by atoms with Crippen molar-refractivity contribution in [2.24, 2.45) is 0 Å². The highest BCUT2D eigenvalue weighted by atomic mass is 16.5. The SMILES string of the molecule is COCCn1nc(C(C)(C)C)cc(CNC2CC2)c1=O. The number of ether oxygens (including phenoxy) is 1. The van der Waals surface area contributed by atoms with E-state index in [0.717, 1.165) is 11.3 Å². The van der Waals surface area contributed by atoms with Crippen molar-refractivity contribution in [3.8, 4) is 0 Å². The normalized spacial score (nSPS) is 15.6. The molecule has 0 amide bonds. The van der Waals surface area contributed by atoms with Crippen LogP contribution in [0.15, 0.2) is 10.9 Å². The first-order valence-corrected chi connectivity index (χ1v) is 7.25. The first kappa shape index (κ1) is 15.2. The van der Waals surface area contributed by atoms with Crippen molar-refractivity contribution in [3.63, 3.8) is 0 Å². The Morgan fingerprint density at radius 3 is 2.70 bits per heavy atom. The van der Waals surface area contributed by atoms with Crippen LogP contribution in [-0.4, -0.2) is 29.5 Å². The minimum atomic E-state index is -0.0726. The summed E-state index contributed by atoms with van der Waals surface area (Å²) in [4.78, 5) is 12.4. The smallest absolute Gasteiger partial charge is 0.271 e. The molecule has 0 radical (unpaired) electrons. The molecule has 1 aromatic heterocycles. The Morgan fingerprint density at radius 1 is 1.45 bits per heavy atom. The Bertz CT molecular complexity index is 513. The fourth-order valence-corrected chi connectivity index (χ4v) is 1.96. The van der Waals surface area contributed by atoms with E-state index in [1.807, 2.05) is 6.07 Å². The van der Waals surface area contributed by atoms with Crippen LogP contribution in [0.5, 0.6) is 0 Å². The summed E-state index contributed by atoms with van der Waals surface area (Å²) in [5, 5.41) is 7.88. The van der Waals surface area contributed by atoms with Gasteiger partial charge in [-0.3, -0.25) is 4.79 Å². The highest BCUT2D eigenvalue weighted by Gasteiger charge is 2.23. The molecule has 1 aliphatic carbocycles. The number of methoxy groups -OCH3 is 1. The van der Waals surface area contributed by atoms with Crippen molar-refractivity contribution in [3.05, 3.63) is 27.7 Å². The summed E-state index contributed by atoms with van der Waals surface area (Å²) < 4.78 is 6.59. The average Bonchev–Trinajstić information content (AvgIpc) is 3.18. The van der Waals surface area contributed by atoms with Gasteiger partial charge in [0.05, 0.1) is 18.8 Å². The van der Waals surface area contributed by atoms with Gasteiger partial charge in [-0.25, -0.2) is 4.68 Å². The summed E-state index contributed by atoms with van der Waals surface area (Å²) >= 11 is 0. The second kappa shape index (κ2) is 6.06. The molecule has 0 atom stereocenters. The fraction of sp³-hybridized carbons (Fsp3) is 0.733. The number of nitrogens with one attached hydrogen (secondary N) is 1. The van der Waals surface area contributed by atoms with Gasteiger partial charge in [0, 0.05) is 30.7 Å². The maximum Gasteiger partial charge on any atom is 0.271 e. The Balaban J connectivity index is 2.28. The van der Waals surface area contributed by atoms with Gasteiger partial charge in [0.25, 0.3) is 5.56 Å². The van der Waals surface area contributed by atoms with E-state index in [4.69, 9.17) is 4.74 Å². The van der Waals surface area contributed by atoms with Gasteiger partial charge >= 0.3 is 0 Å². The highest BCUT2D eigenvalue weighted by Crippen LogP contribution is 2.21. The molecule has 1 saturated carbocycles. The lowest BCUT2D eigenvalue weighted by atomic mass is 9.91. The molecular weight excluding hydrogens is 254 g/mol. The predicted molar refractivity (Wildman–Crippen MR) is 78.9 cm³/mol. The van der Waals surface area contributed by atoms with Crippen LogP contribution in [0.4, 0.5) is 0 Å². The summed E-state index contributed by atoms with van der Waals surface area (Å²) in [6.07, 6.45) is 2.43. The molecule has 1 fully saturated rings. The minimum Gasteiger partial charge on any atom is -0.383 e. The maximum absolute atomic E-state index is 12.4. The molecule has 1 aliphatic rings. The molecule has 0 spiro atoms. The van der Waals surface area contributed by atoms with E-state index < -0.39 is 0 Å². The van der Waals surface area contributed by atoms with Crippen molar-refractivity contribution in [2.75, 3.05) is 13.7 Å². The molecule has 0 unspecified atom stereocenters. The van der Waals surface area contributed by atoms with E-state index in [-0.39, 0.29) is 11.0 Å². The average molecular weight is 279 g/mol. The van der Waals surface area contributed by atoms with E-state index >= 15 is 0 Å². The third-order valence-corrected chi connectivity index (χ3v) is 3.48. The monoisotopic (exact) mass is 279 g/mol. The summed E-state index contributed by atoms with van der Waals surface area (Å²) in [7, 11) is 1.63. The second-order valence-electron chi connectivity index (χ2n) is 6.48. The fourth-order valence-electron chi connectivity index (χ4n) is 1.96. The van der Waals surface area contributed by atoms with E-state index in [1.54, 1.807) is 7.11 Å². The van der Waals surface area contributed by atoms with Gasteiger partial charge in [0.15, 0.2) is 0 Å². The van der Waals surface area contributed by atoms with Crippen molar-refractivity contribution < 1.29 is 4.74 Å². The van der Waals surface area contributed by atoms with Crippen LogP contribution >= 0.6 is 0 Å². The quantitative estimate of drug-likeness (QED) is 0.856. The molecule has 1 N–H and O–H groups in total. The molecule has 1 aromatic rings. The standard InChI is InChI=1S/C15H25N3O2/c1-15(2,3)13-9-11(10-16-12-5-6-12)14(19)18(17-13)7-8-20-4/h9,12,16H,5-8,10H2,1-4H3. The van der Waals surface area contributed by atoms with Gasteiger partial charge in [-0.05, 0) is 18.9 Å². The van der Waals surface area contributed by atoms with Crippen molar-refractivity contribution in [1.82, 2.24) is 15.1 Å². The second-order valence-corrected chi connectivity index (χ2v) is 6.48. The van der Waals surface area contributed by atoms with E-state index in [9.17, 15) is 4.79 Å². The van der Waals surface area contributed by atoms with Gasteiger partial charge in [-0.15, -0.1) is 0 Å². The topological polar surface area (TPSA) is 56.1 Å². The van der Waals surface area contributed by atoms with Crippen LogP contribution in [0.2, 0.25) is 0 Å². The molecule has 20 heavy (non-hydrogen) atoms. The number of nitrogens with zero attached hydrogens (tertiary/aromatic N) is 2. The molecule has 0 aliphatic heterocycles. The summed E-state index contributed by atoms with van der Waals surface area (Å²) in [5.74, 6) is 0. The molecule has 0 saturated heterocycles. The maximum atomic E-state index is 12.4. The van der Waals surface area contributed by atoms with E-state index in [0.29, 0.717) is 25.7 Å². The lowest BCUT2D eigenvalue weighted by Gasteiger charge is -2.20. The lowest BCUT2D eigenvalue weighted by molar-refractivity contribution is 0.181.